The highest BCUT2D eigenvalue weighted by molar-refractivity contribution is 4.81. The van der Waals surface area contributed by atoms with Crippen LogP contribution in [0.2, 0.25) is 0 Å². The zero-order valence-electron chi connectivity index (χ0n) is 5.73. The van der Waals surface area contributed by atoms with E-state index in [1.165, 1.54) is 0 Å². The molecule has 0 amide bonds. The first-order valence-electron chi connectivity index (χ1n) is 3.47. The average molecular weight is 132 g/mol. The summed E-state index contributed by atoms with van der Waals surface area (Å²) in [7, 11) is 0. The molecular weight excluding hydrogens is 119 g/mol. The number of alkyl halides is 1. The molecular formula is C7H13FO. The smallest absolute Gasteiger partial charge is 0.108 e. The molecule has 9 heavy (non-hydrogen) atoms. The summed E-state index contributed by atoms with van der Waals surface area (Å²) < 4.78 is 12.9. The maximum atomic E-state index is 12.9. The second kappa shape index (κ2) is 2.25. The van der Waals surface area contributed by atoms with Crippen LogP contribution in [0.5, 0.6) is 0 Å². The van der Waals surface area contributed by atoms with Crippen LogP contribution in [-0.2, 0) is 0 Å². The standard InChI is InChI=1S/C7H13FO/c1-7(8)4-2-6(9)3-5-7/h6,9H,2-5H2,1H3. The SMILES string of the molecule is CC1(F)CCC(O)CC1. The zero-order chi connectivity index (χ0) is 6.91. The number of hydrogen-bond donors (Lipinski definition) is 1. The summed E-state index contributed by atoms with van der Waals surface area (Å²) in [5, 5.41) is 8.97. The van der Waals surface area contributed by atoms with Crippen molar-refractivity contribution in [2.24, 2.45) is 0 Å². The van der Waals surface area contributed by atoms with Gasteiger partial charge in [-0.25, -0.2) is 4.39 Å². The molecule has 1 N–H and O–H groups in total. The predicted octanol–water partition coefficient (Wildman–Crippen LogP) is 1.65. The quantitative estimate of drug-likeness (QED) is 0.531. The highest BCUT2D eigenvalue weighted by atomic mass is 19.1. The van der Waals surface area contributed by atoms with Crippen molar-refractivity contribution in [1.82, 2.24) is 0 Å². The largest absolute Gasteiger partial charge is 0.393 e. The molecule has 0 aromatic rings. The minimum Gasteiger partial charge on any atom is -0.393 e. The Morgan fingerprint density at radius 2 is 1.89 bits per heavy atom. The van der Waals surface area contributed by atoms with E-state index in [0.29, 0.717) is 25.7 Å². The van der Waals surface area contributed by atoms with Gasteiger partial charge in [-0.05, 0) is 32.6 Å². The normalized spacial score (nSPS) is 45.0. The zero-order valence-corrected chi connectivity index (χ0v) is 5.73. The molecule has 2 heteroatoms. The summed E-state index contributed by atoms with van der Waals surface area (Å²) in [6.45, 7) is 1.61. The predicted molar refractivity (Wildman–Crippen MR) is 34.0 cm³/mol. The Labute approximate surface area is 54.9 Å². The van der Waals surface area contributed by atoms with E-state index in [1.54, 1.807) is 6.92 Å². The van der Waals surface area contributed by atoms with Gasteiger partial charge in [-0.3, -0.25) is 0 Å². The lowest BCUT2D eigenvalue weighted by atomic mass is 9.86. The van der Waals surface area contributed by atoms with Gasteiger partial charge in [-0.2, -0.15) is 0 Å². The van der Waals surface area contributed by atoms with Gasteiger partial charge < -0.3 is 5.11 Å². The lowest BCUT2D eigenvalue weighted by molar-refractivity contribution is 0.0451. The molecule has 1 fully saturated rings. The molecule has 1 nitrogen and oxygen atoms in total. The fourth-order valence-electron chi connectivity index (χ4n) is 1.20. The van der Waals surface area contributed by atoms with E-state index >= 15 is 0 Å². The molecule has 0 radical (unpaired) electrons. The molecule has 0 aromatic carbocycles. The lowest BCUT2D eigenvalue weighted by Gasteiger charge is -2.27. The third kappa shape index (κ3) is 1.94. The van der Waals surface area contributed by atoms with Gasteiger partial charge in [0.2, 0.25) is 0 Å². The fraction of sp³-hybridized carbons (Fsp3) is 1.00. The number of halogens is 1. The Morgan fingerprint density at radius 3 is 2.22 bits per heavy atom. The van der Waals surface area contributed by atoms with Gasteiger partial charge >= 0.3 is 0 Å². The minimum absolute atomic E-state index is 0.242. The molecule has 0 saturated heterocycles. The van der Waals surface area contributed by atoms with Gasteiger partial charge in [0.25, 0.3) is 0 Å². The van der Waals surface area contributed by atoms with Gasteiger partial charge in [0.15, 0.2) is 0 Å². The molecule has 1 aliphatic rings. The number of aliphatic hydroxyl groups is 1. The Hall–Kier alpha value is -0.110. The maximum Gasteiger partial charge on any atom is 0.108 e. The van der Waals surface area contributed by atoms with Crippen LogP contribution < -0.4 is 0 Å². The first-order valence-corrected chi connectivity index (χ1v) is 3.47. The van der Waals surface area contributed by atoms with Gasteiger partial charge in [-0.1, -0.05) is 0 Å². The van der Waals surface area contributed by atoms with E-state index in [0.717, 1.165) is 0 Å². The van der Waals surface area contributed by atoms with Crippen molar-refractivity contribution in [1.29, 1.82) is 0 Å². The molecule has 54 valence electrons. The van der Waals surface area contributed by atoms with Crippen LogP contribution in [-0.4, -0.2) is 16.9 Å². The summed E-state index contributed by atoms with van der Waals surface area (Å²) in [6.07, 6.45) is 2.07. The molecule has 0 aromatic heterocycles. The van der Waals surface area contributed by atoms with E-state index in [2.05, 4.69) is 0 Å². The van der Waals surface area contributed by atoms with Crippen LogP contribution in [0.1, 0.15) is 32.6 Å². The van der Waals surface area contributed by atoms with Crippen molar-refractivity contribution < 1.29 is 9.50 Å². The Kier molecular flexibility index (Phi) is 1.75. The molecule has 1 rings (SSSR count). The van der Waals surface area contributed by atoms with Crippen LogP contribution in [0, 0.1) is 0 Å². The van der Waals surface area contributed by atoms with Gasteiger partial charge in [0.05, 0.1) is 6.10 Å². The van der Waals surface area contributed by atoms with E-state index in [1.807, 2.05) is 0 Å². The van der Waals surface area contributed by atoms with Crippen LogP contribution in [0.15, 0.2) is 0 Å². The number of aliphatic hydroxyl groups excluding tert-OH is 1. The number of hydrogen-bond acceptors (Lipinski definition) is 1. The van der Waals surface area contributed by atoms with Crippen LogP contribution in [0.25, 0.3) is 0 Å². The molecule has 0 heterocycles. The first kappa shape index (κ1) is 7.00. The summed E-state index contributed by atoms with van der Waals surface area (Å²) in [4.78, 5) is 0. The summed E-state index contributed by atoms with van der Waals surface area (Å²) >= 11 is 0. The Bertz CT molecular complexity index is 91.1. The summed E-state index contributed by atoms with van der Waals surface area (Å²) in [6, 6.07) is 0. The van der Waals surface area contributed by atoms with Gasteiger partial charge in [-0.15, -0.1) is 0 Å². The van der Waals surface area contributed by atoms with Gasteiger partial charge in [0.1, 0.15) is 5.67 Å². The summed E-state index contributed by atoms with van der Waals surface area (Å²) in [5.74, 6) is 0. The molecule has 0 spiro atoms. The van der Waals surface area contributed by atoms with Crippen LogP contribution in [0.3, 0.4) is 0 Å². The van der Waals surface area contributed by atoms with E-state index in [-0.39, 0.29) is 6.10 Å². The second-order valence-corrected chi connectivity index (χ2v) is 3.14. The maximum absolute atomic E-state index is 12.9. The van der Waals surface area contributed by atoms with E-state index in [9.17, 15) is 4.39 Å². The lowest BCUT2D eigenvalue weighted by Crippen LogP contribution is -2.28. The monoisotopic (exact) mass is 132 g/mol. The molecule has 1 saturated carbocycles. The molecule has 0 bridgehead atoms. The third-order valence-corrected chi connectivity index (χ3v) is 2.00. The van der Waals surface area contributed by atoms with E-state index in [4.69, 9.17) is 5.11 Å². The Morgan fingerprint density at radius 1 is 1.44 bits per heavy atom. The summed E-state index contributed by atoms with van der Waals surface area (Å²) in [5.41, 5.74) is -1.00. The fourth-order valence-corrected chi connectivity index (χ4v) is 1.20. The minimum atomic E-state index is -1.00. The highest BCUT2D eigenvalue weighted by Crippen LogP contribution is 2.30. The average Bonchev–Trinajstić information content (AvgIpc) is 1.78. The second-order valence-electron chi connectivity index (χ2n) is 3.14. The van der Waals surface area contributed by atoms with Crippen molar-refractivity contribution in [2.75, 3.05) is 0 Å². The van der Waals surface area contributed by atoms with Crippen molar-refractivity contribution in [3.63, 3.8) is 0 Å². The van der Waals surface area contributed by atoms with Crippen molar-refractivity contribution in [2.45, 2.75) is 44.4 Å². The molecule has 0 atom stereocenters. The first-order chi connectivity index (χ1) is 4.10. The van der Waals surface area contributed by atoms with Gasteiger partial charge in [0, 0.05) is 0 Å². The van der Waals surface area contributed by atoms with Crippen LogP contribution >= 0.6 is 0 Å². The molecule has 0 unspecified atom stereocenters. The molecule has 0 aliphatic heterocycles. The Balaban J connectivity index is 2.35. The highest BCUT2D eigenvalue weighted by Gasteiger charge is 2.29. The van der Waals surface area contributed by atoms with Crippen molar-refractivity contribution in [3.05, 3.63) is 0 Å². The van der Waals surface area contributed by atoms with E-state index < -0.39 is 5.67 Å². The molecule has 1 aliphatic carbocycles. The van der Waals surface area contributed by atoms with Crippen LogP contribution in [0.4, 0.5) is 4.39 Å². The van der Waals surface area contributed by atoms with Crippen molar-refractivity contribution >= 4 is 0 Å². The topological polar surface area (TPSA) is 20.2 Å². The third-order valence-electron chi connectivity index (χ3n) is 2.00. The van der Waals surface area contributed by atoms with Crippen molar-refractivity contribution in [3.8, 4) is 0 Å². The number of rotatable bonds is 0.